The number of carbonyl (C=O) groups excluding carboxylic acids is 4. The molecule has 15 nitrogen and oxygen atoms in total. The fourth-order valence-electron chi connectivity index (χ4n) is 10.3. The standard InChI is InChI=1S/C49H60FN7O8/c1-4-34-38(53-47(61)43(34)50)28-65-48-36-26-41(63-3)37(45(51)59)25-35(36)32(27-52-48)15-14-29-10-12-30(13-11-29)18-21-56-22-19-33(20-23-56)64-24-6-8-31-7-5-9-39-44(31)55(2)49(62)57(39)40-16-17-42(58)54-46(40)60/h5,7,9,25-27,29-30,33-34,38,40,43H,4,6,8,10-13,16-24,28H2,1-3H3,(H2,51,59)(H,53,61)(H,54,58,60)/t29-,30-,34-,38+,40?,43-/m0/s1. The van der Waals surface area contributed by atoms with Crippen molar-refractivity contribution in [3.05, 3.63) is 63.7 Å². The van der Waals surface area contributed by atoms with Gasteiger partial charge in [-0.3, -0.25) is 33.6 Å². The molecule has 2 aromatic carbocycles. The van der Waals surface area contributed by atoms with Crippen molar-refractivity contribution in [3.8, 4) is 23.5 Å². The van der Waals surface area contributed by atoms with Crippen LogP contribution >= 0.6 is 0 Å². The summed E-state index contributed by atoms with van der Waals surface area (Å²) < 4.78 is 35.5. The van der Waals surface area contributed by atoms with Gasteiger partial charge in [-0.05, 0) is 107 Å². The fraction of sp³-hybridized carbons (Fsp3) is 0.551. The molecule has 1 aliphatic carbocycles. The number of amides is 4. The number of alkyl halides is 1. The topological polar surface area (TPSA) is 189 Å². The average Bonchev–Trinajstić information content (AvgIpc) is 3.74. The predicted molar refractivity (Wildman–Crippen MR) is 242 cm³/mol. The van der Waals surface area contributed by atoms with Crippen LogP contribution in [-0.4, -0.2) is 101 Å². The Kier molecular flexibility index (Phi) is 14.2. The lowest BCUT2D eigenvalue weighted by Gasteiger charge is -2.33. The summed E-state index contributed by atoms with van der Waals surface area (Å²) in [4.78, 5) is 69.2. The van der Waals surface area contributed by atoms with Gasteiger partial charge in [0.05, 0.1) is 41.4 Å². The van der Waals surface area contributed by atoms with E-state index in [9.17, 15) is 28.4 Å². The second-order valence-corrected chi connectivity index (χ2v) is 18.1. The van der Waals surface area contributed by atoms with Crippen molar-refractivity contribution in [2.75, 3.05) is 40.0 Å². The van der Waals surface area contributed by atoms with E-state index >= 15 is 0 Å². The molecule has 4 amide bonds. The summed E-state index contributed by atoms with van der Waals surface area (Å²) in [7, 11) is 3.19. The van der Waals surface area contributed by atoms with Gasteiger partial charge in [0.1, 0.15) is 18.4 Å². The Hall–Kier alpha value is -5.79. The lowest BCUT2D eigenvalue weighted by atomic mass is 9.80. The lowest BCUT2D eigenvalue weighted by Crippen LogP contribution is -2.44. The van der Waals surface area contributed by atoms with Gasteiger partial charge in [-0.15, -0.1) is 0 Å². The molecule has 3 aliphatic heterocycles. The van der Waals surface area contributed by atoms with Crippen molar-refractivity contribution in [2.24, 2.45) is 30.5 Å². The summed E-state index contributed by atoms with van der Waals surface area (Å²) in [6, 6.07) is 7.95. The summed E-state index contributed by atoms with van der Waals surface area (Å²) in [6.45, 7) is 5.62. The number of primary amides is 1. The summed E-state index contributed by atoms with van der Waals surface area (Å²) in [5.41, 5.74) is 8.89. The number of rotatable bonds is 15. The highest BCUT2D eigenvalue weighted by atomic mass is 19.1. The number of fused-ring (bicyclic) bond motifs is 2. The second kappa shape index (κ2) is 20.2. The van der Waals surface area contributed by atoms with E-state index in [1.54, 1.807) is 29.9 Å². The van der Waals surface area contributed by atoms with Crippen molar-refractivity contribution >= 4 is 45.4 Å². The number of piperidine rings is 2. The van der Waals surface area contributed by atoms with E-state index in [0.717, 1.165) is 88.5 Å². The molecule has 0 bridgehead atoms. The van der Waals surface area contributed by atoms with Gasteiger partial charge in [-0.2, -0.15) is 0 Å². The molecule has 1 unspecified atom stereocenters. The number of benzene rings is 2. The number of aryl methyl sites for hydroxylation is 2. The predicted octanol–water partition coefficient (Wildman–Crippen LogP) is 4.88. The molecule has 4 aliphatic rings. The maximum absolute atomic E-state index is 14.4. The number of halogens is 1. The number of likely N-dealkylation sites (tertiary alicyclic amines) is 1. The van der Waals surface area contributed by atoms with E-state index in [1.165, 1.54) is 11.7 Å². The minimum Gasteiger partial charge on any atom is -0.496 e. The third-order valence-electron chi connectivity index (χ3n) is 14.1. The Morgan fingerprint density at radius 1 is 1.02 bits per heavy atom. The molecule has 8 rings (SSSR count). The number of imide groups is 1. The molecular formula is C49H60FN7O8. The Balaban J connectivity index is 0.789. The van der Waals surface area contributed by atoms with Crippen molar-refractivity contribution in [1.29, 1.82) is 0 Å². The van der Waals surface area contributed by atoms with Crippen LogP contribution in [-0.2, 0) is 32.6 Å². The highest BCUT2D eigenvalue weighted by molar-refractivity contribution is 6.03. The first-order valence-electron chi connectivity index (χ1n) is 23.2. The van der Waals surface area contributed by atoms with Crippen molar-refractivity contribution in [1.82, 2.24) is 29.7 Å². The van der Waals surface area contributed by atoms with Crippen molar-refractivity contribution in [3.63, 3.8) is 0 Å². The first-order valence-corrected chi connectivity index (χ1v) is 23.2. The van der Waals surface area contributed by atoms with E-state index in [-0.39, 0.29) is 53.8 Å². The average molecular weight is 894 g/mol. The molecule has 346 valence electrons. The number of methoxy groups -OCH3 is 1. The number of carbonyl (C=O) groups is 4. The highest BCUT2D eigenvalue weighted by Gasteiger charge is 2.42. The van der Waals surface area contributed by atoms with E-state index < -0.39 is 41.9 Å². The Bertz CT molecular complexity index is 2560. The first-order chi connectivity index (χ1) is 31.4. The molecule has 2 aromatic heterocycles. The van der Waals surface area contributed by atoms with Gasteiger partial charge in [-0.1, -0.05) is 30.9 Å². The van der Waals surface area contributed by atoms with Gasteiger partial charge < -0.3 is 30.2 Å². The molecular weight excluding hydrogens is 834 g/mol. The molecule has 4 aromatic rings. The number of aromatic nitrogens is 3. The maximum atomic E-state index is 14.4. The first kappa shape index (κ1) is 45.8. The number of pyridine rings is 1. The highest BCUT2D eigenvalue weighted by Crippen LogP contribution is 2.35. The molecule has 3 saturated heterocycles. The van der Waals surface area contributed by atoms with Crippen LogP contribution in [0.15, 0.2) is 41.3 Å². The minimum absolute atomic E-state index is 0.0361. The molecule has 0 spiro atoms. The van der Waals surface area contributed by atoms with Crippen molar-refractivity contribution < 1.29 is 37.8 Å². The molecule has 16 heteroatoms. The van der Waals surface area contributed by atoms with Crippen LogP contribution in [0.25, 0.3) is 21.8 Å². The third-order valence-corrected chi connectivity index (χ3v) is 14.1. The Morgan fingerprint density at radius 2 is 1.80 bits per heavy atom. The molecule has 0 radical (unpaired) electrons. The number of nitrogens with zero attached hydrogens (tertiary/aromatic N) is 4. The third kappa shape index (κ3) is 9.91. The summed E-state index contributed by atoms with van der Waals surface area (Å²) in [5.74, 6) is 5.77. The second-order valence-electron chi connectivity index (χ2n) is 18.1. The number of imidazole rings is 1. The van der Waals surface area contributed by atoms with E-state index in [4.69, 9.17) is 19.9 Å². The Labute approximate surface area is 377 Å². The van der Waals surface area contributed by atoms with Crippen LogP contribution in [0.4, 0.5) is 4.39 Å². The number of hydrogen-bond acceptors (Lipinski definition) is 10. The largest absolute Gasteiger partial charge is 0.496 e. The van der Waals surface area contributed by atoms with Crippen LogP contribution in [0.5, 0.6) is 11.6 Å². The number of nitrogens with two attached hydrogens (primary N) is 1. The Morgan fingerprint density at radius 3 is 2.52 bits per heavy atom. The smallest absolute Gasteiger partial charge is 0.329 e. The van der Waals surface area contributed by atoms with Crippen LogP contribution in [0, 0.1) is 29.6 Å². The van der Waals surface area contributed by atoms with Gasteiger partial charge in [0.2, 0.25) is 17.7 Å². The lowest BCUT2D eigenvalue weighted by molar-refractivity contribution is -0.135. The SMILES string of the molecule is CC[C@@H]1[C@H](F)C(=O)N[C@@H]1COc1ncc(C#C[C@H]2CC[C@H](CCN3CCC(OCCCc4cccc5c4n(C)c(=O)n5C4CCC(=O)NC4=O)CC3)CC2)c2cc(C(N)=O)c(OC)cc12. The van der Waals surface area contributed by atoms with Gasteiger partial charge in [0.25, 0.3) is 11.8 Å². The molecule has 5 heterocycles. The van der Waals surface area contributed by atoms with Gasteiger partial charge in [0.15, 0.2) is 6.17 Å². The number of para-hydroxylation sites is 1. The molecule has 1 saturated carbocycles. The van der Waals surface area contributed by atoms with Crippen LogP contribution in [0.3, 0.4) is 0 Å². The van der Waals surface area contributed by atoms with Crippen LogP contribution in [0.1, 0.15) is 105 Å². The normalized spacial score (nSPS) is 24.2. The number of nitrogens with one attached hydrogen (secondary N) is 2. The molecule has 65 heavy (non-hydrogen) atoms. The zero-order chi connectivity index (χ0) is 45.8. The van der Waals surface area contributed by atoms with E-state index in [1.807, 2.05) is 25.1 Å². The van der Waals surface area contributed by atoms with Gasteiger partial charge in [0, 0.05) is 62.0 Å². The quantitative estimate of drug-likeness (QED) is 0.0844. The van der Waals surface area contributed by atoms with Crippen LogP contribution < -0.4 is 31.5 Å². The van der Waals surface area contributed by atoms with Gasteiger partial charge >= 0.3 is 5.69 Å². The maximum Gasteiger partial charge on any atom is 0.329 e. The number of hydrogen-bond donors (Lipinski definition) is 3. The zero-order valence-electron chi connectivity index (χ0n) is 37.5. The molecule has 4 atom stereocenters. The summed E-state index contributed by atoms with van der Waals surface area (Å²) in [5, 5.41) is 6.29. The van der Waals surface area contributed by atoms with Crippen molar-refractivity contribution in [2.45, 2.75) is 108 Å². The van der Waals surface area contributed by atoms with Crippen LogP contribution in [0.2, 0.25) is 0 Å². The molecule has 4 fully saturated rings. The fourth-order valence-corrected chi connectivity index (χ4v) is 10.3. The van der Waals surface area contributed by atoms with E-state index in [2.05, 4.69) is 32.4 Å². The summed E-state index contributed by atoms with van der Waals surface area (Å²) in [6.07, 6.45) is 10.3. The number of ether oxygens (including phenoxy) is 3. The molecule has 4 N–H and O–H groups in total. The van der Waals surface area contributed by atoms with Gasteiger partial charge in [-0.25, -0.2) is 14.2 Å². The summed E-state index contributed by atoms with van der Waals surface area (Å²) >= 11 is 0. The monoisotopic (exact) mass is 893 g/mol. The minimum atomic E-state index is -1.58. The zero-order valence-corrected chi connectivity index (χ0v) is 37.5. The van der Waals surface area contributed by atoms with E-state index in [0.29, 0.717) is 47.2 Å².